The predicted molar refractivity (Wildman–Crippen MR) is 130 cm³/mol. The van der Waals surface area contributed by atoms with Crippen LogP contribution in [0.1, 0.15) is 46.0 Å². The zero-order valence-corrected chi connectivity index (χ0v) is 21.0. The van der Waals surface area contributed by atoms with Gasteiger partial charge in [0.25, 0.3) is 5.91 Å². The van der Waals surface area contributed by atoms with Crippen molar-refractivity contribution in [1.29, 1.82) is 0 Å². The van der Waals surface area contributed by atoms with Crippen molar-refractivity contribution >= 4 is 23.4 Å². The Morgan fingerprint density at radius 1 is 1.26 bits per heavy atom. The summed E-state index contributed by atoms with van der Waals surface area (Å²) in [6, 6.07) is 3.98. The van der Waals surface area contributed by atoms with Crippen LogP contribution in [0.5, 0.6) is 5.75 Å². The number of nitrogens with one attached hydrogen (secondary N) is 4. The molecule has 5 N–H and O–H groups in total. The Balaban J connectivity index is 1.33. The fourth-order valence-electron chi connectivity index (χ4n) is 5.74. The van der Waals surface area contributed by atoms with Gasteiger partial charge in [-0.3, -0.25) is 20.2 Å². The minimum absolute atomic E-state index is 0.00196. The number of benzene rings is 1. The van der Waals surface area contributed by atoms with Gasteiger partial charge in [0.05, 0.1) is 5.02 Å². The van der Waals surface area contributed by atoms with E-state index in [1.165, 1.54) is 12.1 Å². The van der Waals surface area contributed by atoms with E-state index in [0.717, 1.165) is 31.7 Å². The summed E-state index contributed by atoms with van der Waals surface area (Å²) < 4.78 is 19.0. The smallest absolute Gasteiger partial charge is 0.258 e. The van der Waals surface area contributed by atoms with Gasteiger partial charge >= 0.3 is 0 Å². The highest BCUT2D eigenvalue weighted by Gasteiger charge is 2.50. The molecule has 2 bridgehead atoms. The Hall–Kier alpha value is -1.94. The van der Waals surface area contributed by atoms with Crippen LogP contribution in [-0.4, -0.2) is 60.5 Å². The largest absolute Gasteiger partial charge is 0.484 e. The summed E-state index contributed by atoms with van der Waals surface area (Å²) in [6.07, 6.45) is 3.77. The number of aliphatic hydroxyl groups excluding tert-OH is 1. The molecule has 1 heterocycles. The first-order chi connectivity index (χ1) is 16.7. The van der Waals surface area contributed by atoms with Crippen LogP contribution in [-0.2, 0) is 9.59 Å². The number of fused-ring (bicyclic) bond motifs is 2. The van der Waals surface area contributed by atoms with Gasteiger partial charge in [-0.15, -0.1) is 0 Å². The van der Waals surface area contributed by atoms with Crippen LogP contribution in [0, 0.1) is 23.6 Å². The highest BCUT2D eigenvalue weighted by Crippen LogP contribution is 2.46. The molecule has 3 saturated carbocycles. The predicted octanol–water partition coefficient (Wildman–Crippen LogP) is 1.94. The summed E-state index contributed by atoms with van der Waals surface area (Å²) >= 11 is 5.68. The summed E-state index contributed by atoms with van der Waals surface area (Å²) in [7, 11) is 0. The highest BCUT2D eigenvalue weighted by molar-refractivity contribution is 6.30. The number of carbonyl (C=O) groups is 2. The van der Waals surface area contributed by atoms with Gasteiger partial charge in [0.2, 0.25) is 5.91 Å². The van der Waals surface area contributed by atoms with E-state index >= 15 is 0 Å². The number of carbonyl (C=O) groups excluding carboxylic acids is 2. The molecule has 4 fully saturated rings. The van der Waals surface area contributed by atoms with Crippen LogP contribution >= 0.6 is 11.6 Å². The van der Waals surface area contributed by atoms with Crippen molar-refractivity contribution in [3.63, 3.8) is 0 Å². The van der Waals surface area contributed by atoms with E-state index in [0.29, 0.717) is 31.3 Å². The van der Waals surface area contributed by atoms with Crippen molar-refractivity contribution in [3.8, 4) is 5.75 Å². The summed E-state index contributed by atoms with van der Waals surface area (Å²) in [4.78, 5) is 26.1. The molecule has 2 amide bonds. The molecule has 194 valence electrons. The number of ether oxygens (including phenoxy) is 1. The SMILES string of the molecule is CCCC(C)C1(C(=O)NC2CC(NC(=O)COc3ccc(Cl)c(F)c3)C3CC2C3)CNC(O)CN1. The molecule has 10 heteroatoms. The van der Waals surface area contributed by atoms with E-state index in [1.54, 1.807) is 0 Å². The fraction of sp³-hybridized carbons (Fsp3) is 0.680. The van der Waals surface area contributed by atoms with Crippen molar-refractivity contribution < 1.29 is 23.8 Å². The molecular weight excluding hydrogens is 475 g/mol. The second-order valence-electron chi connectivity index (χ2n) is 10.3. The van der Waals surface area contributed by atoms with E-state index in [-0.39, 0.29) is 47.2 Å². The molecular formula is C25H36ClFN4O4. The average Bonchev–Trinajstić information content (AvgIpc) is 2.79. The summed E-state index contributed by atoms with van der Waals surface area (Å²) in [5, 5.41) is 22.6. The minimum atomic E-state index is -0.781. The van der Waals surface area contributed by atoms with Gasteiger partial charge in [0.15, 0.2) is 6.61 Å². The lowest BCUT2D eigenvalue weighted by Crippen LogP contribution is -2.73. The van der Waals surface area contributed by atoms with Crippen molar-refractivity contribution in [2.45, 2.75) is 69.8 Å². The normalized spacial score (nSPS) is 32.8. The Morgan fingerprint density at radius 3 is 2.60 bits per heavy atom. The first-order valence-electron chi connectivity index (χ1n) is 12.6. The molecule has 4 aliphatic rings. The zero-order chi connectivity index (χ0) is 25.2. The number of amides is 2. The van der Waals surface area contributed by atoms with E-state index in [4.69, 9.17) is 16.3 Å². The maximum absolute atomic E-state index is 13.6. The van der Waals surface area contributed by atoms with Gasteiger partial charge in [-0.25, -0.2) is 4.39 Å². The summed E-state index contributed by atoms with van der Waals surface area (Å²) in [6.45, 7) is 4.63. The van der Waals surface area contributed by atoms with Crippen LogP contribution in [0.4, 0.5) is 4.39 Å². The van der Waals surface area contributed by atoms with Crippen LogP contribution < -0.4 is 26.0 Å². The molecule has 0 spiro atoms. The molecule has 3 aliphatic carbocycles. The third-order valence-corrected chi connectivity index (χ3v) is 8.28. The average molecular weight is 511 g/mol. The monoisotopic (exact) mass is 510 g/mol. The van der Waals surface area contributed by atoms with Gasteiger partial charge in [-0.2, -0.15) is 0 Å². The van der Waals surface area contributed by atoms with Gasteiger partial charge in [0, 0.05) is 31.2 Å². The summed E-state index contributed by atoms with van der Waals surface area (Å²) in [5.74, 6) is 0.209. The van der Waals surface area contributed by atoms with Crippen molar-refractivity contribution in [3.05, 3.63) is 29.0 Å². The maximum atomic E-state index is 13.6. The number of aliphatic hydroxyl groups is 1. The molecule has 8 nitrogen and oxygen atoms in total. The molecule has 35 heavy (non-hydrogen) atoms. The van der Waals surface area contributed by atoms with Gasteiger partial charge in [-0.1, -0.05) is 31.9 Å². The van der Waals surface area contributed by atoms with Crippen molar-refractivity contribution in [2.24, 2.45) is 17.8 Å². The molecule has 5 unspecified atom stereocenters. The molecule has 0 aromatic heterocycles. The number of β-amino-alcohol motifs (C(OH)–C–C–N with tert-alkyl or cyclic N) is 1. The Bertz CT molecular complexity index is 921. The van der Waals surface area contributed by atoms with Crippen LogP contribution in [0.25, 0.3) is 0 Å². The van der Waals surface area contributed by atoms with E-state index in [1.807, 2.05) is 0 Å². The van der Waals surface area contributed by atoms with Gasteiger partial charge in [-0.05, 0) is 55.6 Å². The number of hydrogen-bond donors (Lipinski definition) is 5. The molecule has 5 rings (SSSR count). The number of hydrogen-bond acceptors (Lipinski definition) is 6. The standard InChI is InChI=1S/C25H36ClFN4O4/c1-3-4-14(2)25(13-28-22(32)11-29-25)24(34)31-21-10-20(15-7-16(21)8-15)30-23(33)12-35-17-5-6-18(26)19(27)9-17/h5-6,9,14-16,20-22,28-29,32H,3-4,7-8,10-13H2,1-2H3,(H,30,33)(H,31,34). The number of halogens is 2. The van der Waals surface area contributed by atoms with Crippen LogP contribution in [0.2, 0.25) is 5.02 Å². The number of rotatable bonds is 9. The highest BCUT2D eigenvalue weighted by atomic mass is 35.5. The first-order valence-corrected chi connectivity index (χ1v) is 12.9. The summed E-state index contributed by atoms with van der Waals surface area (Å²) in [5.41, 5.74) is -0.781. The molecule has 1 aromatic rings. The Morgan fingerprint density at radius 2 is 1.97 bits per heavy atom. The van der Waals surface area contributed by atoms with Crippen molar-refractivity contribution in [2.75, 3.05) is 19.7 Å². The topological polar surface area (TPSA) is 112 Å². The lowest BCUT2D eigenvalue weighted by atomic mass is 9.60. The maximum Gasteiger partial charge on any atom is 0.258 e. The van der Waals surface area contributed by atoms with E-state index in [9.17, 15) is 19.1 Å². The zero-order valence-electron chi connectivity index (χ0n) is 20.3. The second kappa shape index (κ2) is 11.0. The third kappa shape index (κ3) is 5.74. The van der Waals surface area contributed by atoms with E-state index < -0.39 is 17.6 Å². The molecule has 1 aromatic carbocycles. The van der Waals surface area contributed by atoms with Crippen molar-refractivity contribution in [1.82, 2.24) is 21.3 Å². The van der Waals surface area contributed by atoms with Gasteiger partial charge in [0.1, 0.15) is 23.3 Å². The minimum Gasteiger partial charge on any atom is -0.484 e. The molecule has 5 atom stereocenters. The van der Waals surface area contributed by atoms with Gasteiger partial charge < -0.3 is 20.5 Å². The lowest BCUT2D eigenvalue weighted by Gasteiger charge is -2.52. The Labute approximate surface area is 210 Å². The quantitative estimate of drug-likeness (QED) is 0.347. The first kappa shape index (κ1) is 26.1. The molecule has 1 saturated heterocycles. The van der Waals surface area contributed by atoms with Crippen LogP contribution in [0.3, 0.4) is 0 Å². The third-order valence-electron chi connectivity index (χ3n) is 7.98. The molecule has 1 aliphatic heterocycles. The fourth-order valence-corrected chi connectivity index (χ4v) is 5.86. The lowest BCUT2D eigenvalue weighted by molar-refractivity contribution is -0.134. The van der Waals surface area contributed by atoms with E-state index in [2.05, 4.69) is 35.1 Å². The second-order valence-corrected chi connectivity index (χ2v) is 10.7. The number of piperazine rings is 1. The van der Waals surface area contributed by atoms with Crippen LogP contribution in [0.15, 0.2) is 18.2 Å². The Kier molecular flexibility index (Phi) is 8.20. The molecule has 0 radical (unpaired) electrons.